The average molecular weight is 616 g/mol. The van der Waals surface area contributed by atoms with Crippen molar-refractivity contribution >= 4 is 40.9 Å². The van der Waals surface area contributed by atoms with E-state index in [9.17, 15) is 14.4 Å². The van der Waals surface area contributed by atoms with Gasteiger partial charge in [0, 0.05) is 23.3 Å². The summed E-state index contributed by atoms with van der Waals surface area (Å²) < 4.78 is 29.3. The number of benzene rings is 2. The van der Waals surface area contributed by atoms with E-state index in [2.05, 4.69) is 4.99 Å². The average Bonchev–Trinajstić information content (AvgIpc) is 3.26. The fourth-order valence-corrected chi connectivity index (χ4v) is 5.65. The number of para-hydroxylation sites is 1. The molecule has 0 saturated heterocycles. The van der Waals surface area contributed by atoms with E-state index >= 15 is 0 Å². The number of aromatic nitrogens is 1. The summed E-state index contributed by atoms with van der Waals surface area (Å²) in [5, 5.41) is 0.396. The summed E-state index contributed by atoms with van der Waals surface area (Å²) in [5.41, 5.74) is 6.35. The van der Waals surface area contributed by atoms with Gasteiger partial charge in [0.1, 0.15) is 18.4 Å². The minimum Gasteiger partial charge on any atom is -0.493 e. The quantitative estimate of drug-likeness (QED) is 0.242. The smallest absolute Gasteiger partial charge is 0.338 e. The highest BCUT2D eigenvalue weighted by Gasteiger charge is 2.36. The van der Waals surface area contributed by atoms with Crippen LogP contribution in [-0.4, -0.2) is 57.1 Å². The molecule has 0 spiro atoms. The van der Waals surface area contributed by atoms with Crippen LogP contribution in [0.2, 0.25) is 5.02 Å². The van der Waals surface area contributed by atoms with Gasteiger partial charge in [0.2, 0.25) is 0 Å². The Bertz CT molecular complexity index is 1710. The number of rotatable bonds is 12. The van der Waals surface area contributed by atoms with Gasteiger partial charge in [0.25, 0.3) is 11.5 Å². The standard InChI is InChI=1S/C29H30ClN3O8S/c1-5-39-26-19(7-6-8-21(26)38-4)25-24(28(36)40-12-11-37-3)16(2)32-29-33(25)27(35)22(42-29)14-17-13-18(30)9-10-20(17)41-15-23(31)34/h6-10,13-14,25H,5,11-12,15H2,1-4H3,(H2,31,34)/b22-14+/t25-/m1/s1. The van der Waals surface area contributed by atoms with Crippen molar-refractivity contribution in [2.24, 2.45) is 10.7 Å². The van der Waals surface area contributed by atoms with Gasteiger partial charge in [-0.15, -0.1) is 0 Å². The van der Waals surface area contributed by atoms with E-state index in [1.54, 1.807) is 49.4 Å². The molecule has 42 heavy (non-hydrogen) atoms. The fourth-order valence-electron chi connectivity index (χ4n) is 4.43. The number of ether oxygens (including phenoxy) is 5. The predicted octanol–water partition coefficient (Wildman–Crippen LogP) is 2.35. The monoisotopic (exact) mass is 615 g/mol. The van der Waals surface area contributed by atoms with Gasteiger partial charge < -0.3 is 29.4 Å². The van der Waals surface area contributed by atoms with E-state index in [0.717, 1.165) is 11.3 Å². The molecule has 3 aromatic rings. The number of allylic oxidation sites excluding steroid dienone is 1. The van der Waals surface area contributed by atoms with E-state index in [-0.39, 0.29) is 29.9 Å². The zero-order valence-corrected chi connectivity index (χ0v) is 25.0. The number of hydrogen-bond donors (Lipinski definition) is 1. The number of amides is 1. The zero-order valence-electron chi connectivity index (χ0n) is 23.5. The molecule has 1 aliphatic rings. The Kier molecular flexibility index (Phi) is 10.0. The highest BCUT2D eigenvalue weighted by atomic mass is 35.5. The summed E-state index contributed by atoms with van der Waals surface area (Å²) in [5.74, 6) is -0.163. The van der Waals surface area contributed by atoms with Gasteiger partial charge in [-0.2, -0.15) is 0 Å². The van der Waals surface area contributed by atoms with Gasteiger partial charge in [-0.25, -0.2) is 9.79 Å². The lowest BCUT2D eigenvalue weighted by Crippen LogP contribution is -2.40. The number of nitrogens with two attached hydrogens (primary N) is 1. The lowest BCUT2D eigenvalue weighted by molar-refractivity contribution is -0.140. The van der Waals surface area contributed by atoms with Crippen molar-refractivity contribution in [3.63, 3.8) is 0 Å². The summed E-state index contributed by atoms with van der Waals surface area (Å²) in [6, 6.07) is 9.09. The van der Waals surface area contributed by atoms with Crippen molar-refractivity contribution in [3.05, 3.63) is 83.5 Å². The SMILES string of the molecule is CCOc1c(OC)cccc1[C@@H]1C(C(=O)OCCOC)=C(C)N=c2s/c(=C/c3cc(Cl)ccc3OCC(N)=O)c(=O)n21. The molecule has 1 aromatic heterocycles. The van der Waals surface area contributed by atoms with Crippen molar-refractivity contribution in [1.82, 2.24) is 4.57 Å². The van der Waals surface area contributed by atoms with Gasteiger partial charge in [0.15, 0.2) is 22.9 Å². The number of hydrogen-bond acceptors (Lipinski definition) is 10. The van der Waals surface area contributed by atoms with Gasteiger partial charge in [0.05, 0.1) is 36.1 Å². The number of esters is 1. The number of thiazole rings is 1. The molecular formula is C29H30ClN3O8S. The number of carbonyl (C=O) groups excluding carboxylic acids is 2. The third kappa shape index (κ3) is 6.51. The lowest BCUT2D eigenvalue weighted by Gasteiger charge is -2.27. The first-order valence-corrected chi connectivity index (χ1v) is 14.1. The first-order chi connectivity index (χ1) is 20.2. The van der Waals surface area contributed by atoms with Gasteiger partial charge >= 0.3 is 5.97 Å². The van der Waals surface area contributed by atoms with Crippen molar-refractivity contribution in [2.75, 3.05) is 40.6 Å². The molecule has 0 unspecified atom stereocenters. The Morgan fingerprint density at radius 1 is 1.14 bits per heavy atom. The zero-order chi connectivity index (χ0) is 30.4. The van der Waals surface area contributed by atoms with E-state index in [0.29, 0.717) is 50.5 Å². The van der Waals surface area contributed by atoms with Gasteiger partial charge in [-0.05, 0) is 44.2 Å². The van der Waals surface area contributed by atoms with Crippen molar-refractivity contribution in [3.8, 4) is 17.2 Å². The molecule has 0 bridgehead atoms. The predicted molar refractivity (Wildman–Crippen MR) is 157 cm³/mol. The molecule has 0 aliphatic carbocycles. The maximum atomic E-state index is 14.1. The summed E-state index contributed by atoms with van der Waals surface area (Å²) in [6.45, 7) is 3.69. The second-order valence-corrected chi connectivity index (χ2v) is 10.4. The minimum atomic E-state index is -0.944. The van der Waals surface area contributed by atoms with Crippen LogP contribution < -0.4 is 34.8 Å². The van der Waals surface area contributed by atoms with Crippen LogP contribution >= 0.6 is 22.9 Å². The van der Waals surface area contributed by atoms with Crippen LogP contribution in [-0.2, 0) is 19.1 Å². The second-order valence-electron chi connectivity index (χ2n) is 8.96. The molecule has 2 heterocycles. The molecule has 13 heteroatoms. The molecule has 0 fully saturated rings. The molecule has 1 amide bonds. The first-order valence-electron chi connectivity index (χ1n) is 12.9. The largest absolute Gasteiger partial charge is 0.493 e. The Morgan fingerprint density at radius 2 is 1.93 bits per heavy atom. The van der Waals surface area contributed by atoms with E-state index in [4.69, 9.17) is 41.0 Å². The maximum absolute atomic E-state index is 14.1. The number of carbonyl (C=O) groups is 2. The normalized spacial score (nSPS) is 14.7. The third-order valence-corrected chi connectivity index (χ3v) is 7.42. The lowest BCUT2D eigenvalue weighted by atomic mass is 9.94. The topological polar surface area (TPSA) is 141 Å². The van der Waals surface area contributed by atoms with Gasteiger partial charge in [-0.1, -0.05) is 35.1 Å². The van der Waals surface area contributed by atoms with Crippen LogP contribution in [0.4, 0.5) is 0 Å². The number of fused-ring (bicyclic) bond motifs is 1. The van der Waals surface area contributed by atoms with E-state index in [1.807, 2.05) is 6.92 Å². The van der Waals surface area contributed by atoms with Crippen molar-refractivity contribution in [2.45, 2.75) is 19.9 Å². The van der Waals surface area contributed by atoms with Gasteiger partial charge in [-0.3, -0.25) is 14.2 Å². The fraction of sp³-hybridized carbons (Fsp3) is 0.310. The molecule has 0 radical (unpaired) electrons. The molecule has 2 N–H and O–H groups in total. The van der Waals surface area contributed by atoms with E-state index < -0.39 is 23.5 Å². The number of nitrogens with zero attached hydrogens (tertiary/aromatic N) is 2. The third-order valence-electron chi connectivity index (χ3n) is 6.20. The molecule has 222 valence electrons. The molecular weight excluding hydrogens is 586 g/mol. The number of primary amides is 1. The van der Waals surface area contributed by atoms with E-state index in [1.165, 1.54) is 18.8 Å². The highest BCUT2D eigenvalue weighted by Crippen LogP contribution is 2.40. The maximum Gasteiger partial charge on any atom is 0.338 e. The number of halogens is 1. The van der Waals surface area contributed by atoms with Crippen molar-refractivity contribution in [1.29, 1.82) is 0 Å². The van der Waals surface area contributed by atoms with Crippen LogP contribution in [0, 0.1) is 0 Å². The molecule has 2 aromatic carbocycles. The minimum absolute atomic E-state index is 0.0164. The Labute approximate surface area is 250 Å². The number of methoxy groups -OCH3 is 2. The molecule has 1 aliphatic heterocycles. The van der Waals surface area contributed by atoms with Crippen LogP contribution in [0.15, 0.2) is 57.5 Å². The van der Waals surface area contributed by atoms with Crippen LogP contribution in [0.25, 0.3) is 6.08 Å². The highest BCUT2D eigenvalue weighted by molar-refractivity contribution is 7.07. The summed E-state index contributed by atoms with van der Waals surface area (Å²) in [7, 11) is 3.01. The molecule has 11 nitrogen and oxygen atoms in total. The summed E-state index contributed by atoms with van der Waals surface area (Å²) in [4.78, 5) is 43.8. The first kappa shape index (κ1) is 30.8. The van der Waals surface area contributed by atoms with Crippen LogP contribution in [0.1, 0.15) is 31.0 Å². The molecule has 4 rings (SSSR count). The summed E-state index contributed by atoms with van der Waals surface area (Å²) in [6.07, 6.45) is 1.59. The Balaban J connectivity index is 1.96. The molecule has 0 saturated carbocycles. The summed E-state index contributed by atoms with van der Waals surface area (Å²) >= 11 is 7.35. The van der Waals surface area contributed by atoms with Crippen LogP contribution in [0.3, 0.4) is 0 Å². The Hall–Kier alpha value is -4.13. The second kappa shape index (κ2) is 13.7. The van der Waals surface area contributed by atoms with Crippen LogP contribution in [0.5, 0.6) is 17.2 Å². The van der Waals surface area contributed by atoms with Crippen molar-refractivity contribution < 1.29 is 33.3 Å². The molecule has 1 atom stereocenters. The Morgan fingerprint density at radius 3 is 2.62 bits per heavy atom.